The Hall–Kier alpha value is 0.1000. The van der Waals surface area contributed by atoms with Crippen LogP contribution in [0.25, 0.3) is 0 Å². The van der Waals surface area contributed by atoms with Crippen molar-refractivity contribution in [2.24, 2.45) is 5.92 Å². The van der Waals surface area contributed by atoms with Gasteiger partial charge in [0.25, 0.3) is 0 Å². The average molecular weight is 302 g/mol. The fraction of sp³-hybridized carbons (Fsp3) is 0.667. The molecule has 2 aliphatic rings. The monoisotopic (exact) mass is 301 g/mol. The third-order valence-electron chi connectivity index (χ3n) is 3.57. The first-order valence-corrected chi connectivity index (χ1v) is 7.52. The lowest BCUT2D eigenvalue weighted by Crippen LogP contribution is -2.28. The minimum absolute atomic E-state index is 0.549. The molecule has 0 radical (unpaired) electrons. The zero-order valence-electron chi connectivity index (χ0n) is 9.12. The first-order valence-electron chi connectivity index (χ1n) is 5.91. The molecule has 16 heavy (non-hydrogen) atoms. The minimum atomic E-state index is 0.549. The van der Waals surface area contributed by atoms with Crippen molar-refractivity contribution in [2.45, 2.75) is 38.0 Å². The largest absolute Gasteiger partial charge is 0.375 e. The molecule has 3 rings (SSSR count). The smallest absolute Gasteiger partial charge is 0.0701 e. The number of hydrogen-bond donors (Lipinski definition) is 1. The van der Waals surface area contributed by atoms with Crippen molar-refractivity contribution in [1.82, 2.24) is 5.32 Å². The van der Waals surface area contributed by atoms with Crippen LogP contribution in [0.15, 0.2) is 15.9 Å². The summed E-state index contributed by atoms with van der Waals surface area (Å²) in [6.07, 6.45) is 4.96. The Labute approximate surface area is 109 Å². The number of rotatable bonds is 4. The van der Waals surface area contributed by atoms with Crippen molar-refractivity contribution < 1.29 is 4.74 Å². The van der Waals surface area contributed by atoms with Crippen molar-refractivity contribution in [3.8, 4) is 0 Å². The van der Waals surface area contributed by atoms with Crippen LogP contribution in [0.4, 0.5) is 0 Å². The van der Waals surface area contributed by atoms with E-state index in [4.69, 9.17) is 4.74 Å². The molecule has 2 nitrogen and oxygen atoms in total. The highest BCUT2D eigenvalue weighted by Crippen LogP contribution is 2.38. The summed E-state index contributed by atoms with van der Waals surface area (Å²) in [5.74, 6) is 0.752. The predicted octanol–water partition coefficient (Wildman–Crippen LogP) is 3.17. The molecule has 3 unspecified atom stereocenters. The maximum Gasteiger partial charge on any atom is 0.0701 e. The molecule has 3 heterocycles. The van der Waals surface area contributed by atoms with Gasteiger partial charge in [0, 0.05) is 23.9 Å². The number of thiophene rings is 1. The van der Waals surface area contributed by atoms with Gasteiger partial charge in [-0.3, -0.25) is 0 Å². The van der Waals surface area contributed by atoms with Gasteiger partial charge in [-0.25, -0.2) is 0 Å². The summed E-state index contributed by atoms with van der Waals surface area (Å²) in [5.41, 5.74) is 0. The molecule has 0 aliphatic carbocycles. The second kappa shape index (κ2) is 4.77. The zero-order valence-corrected chi connectivity index (χ0v) is 11.5. The highest BCUT2D eigenvalue weighted by molar-refractivity contribution is 9.11. The Bertz CT molecular complexity index is 368. The summed E-state index contributed by atoms with van der Waals surface area (Å²) in [5, 5.41) is 3.55. The van der Waals surface area contributed by atoms with Crippen molar-refractivity contribution in [2.75, 3.05) is 6.54 Å². The van der Waals surface area contributed by atoms with Crippen molar-refractivity contribution in [1.29, 1.82) is 0 Å². The lowest BCUT2D eigenvalue weighted by atomic mass is 9.89. The SMILES string of the molecule is Brc1ccc(CNCC2CC3CCC2O3)s1. The first-order chi connectivity index (χ1) is 7.81. The molecule has 1 aromatic heterocycles. The number of halogens is 1. The van der Waals surface area contributed by atoms with E-state index in [1.165, 1.54) is 27.9 Å². The number of fused-ring (bicyclic) bond motifs is 2. The third kappa shape index (κ3) is 2.35. The number of ether oxygens (including phenoxy) is 1. The topological polar surface area (TPSA) is 21.3 Å². The highest BCUT2D eigenvalue weighted by atomic mass is 79.9. The molecule has 0 aromatic carbocycles. The molecule has 0 spiro atoms. The Morgan fingerprint density at radius 3 is 3.00 bits per heavy atom. The normalized spacial score (nSPS) is 32.4. The van der Waals surface area contributed by atoms with Crippen LogP contribution < -0.4 is 5.32 Å². The second-order valence-corrected chi connectivity index (χ2v) is 7.25. The van der Waals surface area contributed by atoms with Crippen LogP contribution >= 0.6 is 27.3 Å². The van der Waals surface area contributed by atoms with E-state index >= 15 is 0 Å². The predicted molar refractivity (Wildman–Crippen MR) is 69.7 cm³/mol. The fourth-order valence-electron chi connectivity index (χ4n) is 2.79. The molecule has 0 amide bonds. The fourth-order valence-corrected chi connectivity index (χ4v) is 4.24. The van der Waals surface area contributed by atoms with E-state index in [2.05, 4.69) is 33.4 Å². The molecule has 2 saturated heterocycles. The van der Waals surface area contributed by atoms with Crippen LogP contribution in [0.5, 0.6) is 0 Å². The van der Waals surface area contributed by atoms with E-state index in [0.29, 0.717) is 12.2 Å². The molecule has 2 aliphatic heterocycles. The Morgan fingerprint density at radius 2 is 2.38 bits per heavy atom. The Morgan fingerprint density at radius 1 is 1.44 bits per heavy atom. The summed E-state index contributed by atoms with van der Waals surface area (Å²) >= 11 is 5.30. The van der Waals surface area contributed by atoms with Gasteiger partial charge in [0.05, 0.1) is 16.0 Å². The third-order valence-corrected chi connectivity index (χ3v) is 5.19. The van der Waals surface area contributed by atoms with E-state index in [0.717, 1.165) is 19.0 Å². The molecular formula is C12H16BrNOS. The van der Waals surface area contributed by atoms with Crippen LogP contribution in [0.2, 0.25) is 0 Å². The summed E-state index contributed by atoms with van der Waals surface area (Å²) in [6.45, 7) is 2.10. The second-order valence-electron chi connectivity index (χ2n) is 4.71. The molecule has 1 N–H and O–H groups in total. The van der Waals surface area contributed by atoms with Gasteiger partial charge in [-0.15, -0.1) is 11.3 Å². The van der Waals surface area contributed by atoms with Crippen LogP contribution in [0.3, 0.4) is 0 Å². The molecule has 2 fully saturated rings. The van der Waals surface area contributed by atoms with Crippen LogP contribution in [-0.4, -0.2) is 18.8 Å². The summed E-state index contributed by atoms with van der Waals surface area (Å²) < 4.78 is 7.06. The van der Waals surface area contributed by atoms with Crippen LogP contribution in [0, 0.1) is 5.92 Å². The molecular weight excluding hydrogens is 286 g/mol. The summed E-state index contributed by atoms with van der Waals surface area (Å²) in [7, 11) is 0. The van der Waals surface area contributed by atoms with Crippen LogP contribution in [0.1, 0.15) is 24.1 Å². The quantitative estimate of drug-likeness (QED) is 0.922. The van der Waals surface area contributed by atoms with E-state index in [1.807, 2.05) is 11.3 Å². The van der Waals surface area contributed by atoms with Gasteiger partial charge >= 0.3 is 0 Å². The van der Waals surface area contributed by atoms with E-state index < -0.39 is 0 Å². The maximum absolute atomic E-state index is 5.85. The number of nitrogens with one attached hydrogen (secondary N) is 1. The molecule has 3 atom stereocenters. The Kier molecular flexibility index (Phi) is 3.34. The minimum Gasteiger partial charge on any atom is -0.375 e. The van der Waals surface area contributed by atoms with Gasteiger partial charge in [-0.1, -0.05) is 0 Å². The van der Waals surface area contributed by atoms with Crippen molar-refractivity contribution in [3.63, 3.8) is 0 Å². The summed E-state index contributed by atoms with van der Waals surface area (Å²) in [4.78, 5) is 1.40. The lowest BCUT2D eigenvalue weighted by Gasteiger charge is -2.18. The standard InChI is InChI=1S/C12H16BrNOS/c13-12-4-2-10(16-12)7-14-6-8-5-9-1-3-11(8)15-9/h2,4,8-9,11,14H,1,3,5-7H2. The van der Waals surface area contributed by atoms with Gasteiger partial charge in [0.2, 0.25) is 0 Å². The molecule has 0 saturated carbocycles. The zero-order chi connectivity index (χ0) is 11.0. The van der Waals surface area contributed by atoms with Crippen LogP contribution in [-0.2, 0) is 11.3 Å². The van der Waals surface area contributed by atoms with E-state index in [-0.39, 0.29) is 0 Å². The van der Waals surface area contributed by atoms with Crippen molar-refractivity contribution >= 4 is 27.3 Å². The van der Waals surface area contributed by atoms with E-state index in [9.17, 15) is 0 Å². The summed E-state index contributed by atoms with van der Waals surface area (Å²) in [6, 6.07) is 4.29. The molecule has 1 aromatic rings. The molecule has 4 heteroatoms. The Balaban J connectivity index is 1.44. The van der Waals surface area contributed by atoms with E-state index in [1.54, 1.807) is 0 Å². The molecule has 88 valence electrons. The highest BCUT2D eigenvalue weighted by Gasteiger charge is 2.40. The van der Waals surface area contributed by atoms with Crippen molar-refractivity contribution in [3.05, 3.63) is 20.8 Å². The van der Waals surface area contributed by atoms with Gasteiger partial charge in [0.1, 0.15) is 0 Å². The maximum atomic E-state index is 5.85. The van der Waals surface area contributed by atoms with Gasteiger partial charge in [0.15, 0.2) is 0 Å². The first kappa shape index (κ1) is 11.2. The lowest BCUT2D eigenvalue weighted by molar-refractivity contribution is 0.0924. The number of hydrogen-bond acceptors (Lipinski definition) is 3. The van der Waals surface area contributed by atoms with Gasteiger partial charge in [-0.05, 0) is 47.3 Å². The van der Waals surface area contributed by atoms with Gasteiger partial charge < -0.3 is 10.1 Å². The molecule has 2 bridgehead atoms. The average Bonchev–Trinajstić information content (AvgIpc) is 2.94. The van der Waals surface area contributed by atoms with Gasteiger partial charge in [-0.2, -0.15) is 0 Å².